The Morgan fingerprint density at radius 3 is 2.64 bits per heavy atom. The third-order valence-electron chi connectivity index (χ3n) is 3.12. The van der Waals surface area contributed by atoms with Crippen LogP contribution in [0.4, 0.5) is 0 Å². The second-order valence-electron chi connectivity index (χ2n) is 4.21. The molecule has 2 atom stereocenters. The average Bonchev–Trinajstić information content (AvgIpc) is 2.26. The molecule has 1 rings (SSSR count). The molecule has 0 aliphatic carbocycles. The summed E-state index contributed by atoms with van der Waals surface area (Å²) in [6.07, 6.45) is 2.93. The normalized spacial score (nSPS) is 23.4. The highest BCUT2D eigenvalue weighted by Gasteiger charge is 2.20. The van der Waals surface area contributed by atoms with Gasteiger partial charge in [-0.3, -0.25) is 0 Å². The third-order valence-corrected chi connectivity index (χ3v) is 3.12. The van der Waals surface area contributed by atoms with Crippen LogP contribution in [0.5, 0.6) is 0 Å². The van der Waals surface area contributed by atoms with Gasteiger partial charge in [-0.05, 0) is 32.1 Å². The molecule has 0 aromatic heterocycles. The SMILES string of the molecule is CCC(O)CNC(C)C1CCOCC1. The lowest BCUT2D eigenvalue weighted by Crippen LogP contribution is -2.40. The zero-order chi connectivity index (χ0) is 10.4. The van der Waals surface area contributed by atoms with Gasteiger partial charge in [0.2, 0.25) is 0 Å². The van der Waals surface area contributed by atoms with Gasteiger partial charge < -0.3 is 15.2 Å². The van der Waals surface area contributed by atoms with Crippen molar-refractivity contribution in [2.75, 3.05) is 19.8 Å². The van der Waals surface area contributed by atoms with E-state index in [0.29, 0.717) is 12.0 Å². The fourth-order valence-electron chi connectivity index (χ4n) is 1.85. The maximum Gasteiger partial charge on any atom is 0.0662 e. The lowest BCUT2D eigenvalue weighted by molar-refractivity contribution is 0.0536. The van der Waals surface area contributed by atoms with Crippen molar-refractivity contribution in [1.29, 1.82) is 0 Å². The monoisotopic (exact) mass is 201 g/mol. The molecule has 14 heavy (non-hydrogen) atoms. The van der Waals surface area contributed by atoms with E-state index in [-0.39, 0.29) is 6.10 Å². The van der Waals surface area contributed by atoms with Gasteiger partial charge in [-0.15, -0.1) is 0 Å². The van der Waals surface area contributed by atoms with Crippen LogP contribution in [-0.2, 0) is 4.74 Å². The highest BCUT2D eigenvalue weighted by Crippen LogP contribution is 2.18. The molecule has 0 radical (unpaired) electrons. The maximum absolute atomic E-state index is 9.42. The van der Waals surface area contributed by atoms with Gasteiger partial charge in [0.1, 0.15) is 0 Å². The topological polar surface area (TPSA) is 41.5 Å². The molecule has 0 bridgehead atoms. The van der Waals surface area contributed by atoms with Crippen LogP contribution >= 0.6 is 0 Å². The van der Waals surface area contributed by atoms with Gasteiger partial charge in [0, 0.05) is 25.8 Å². The highest BCUT2D eigenvalue weighted by atomic mass is 16.5. The summed E-state index contributed by atoms with van der Waals surface area (Å²) in [6.45, 7) is 6.72. The number of aliphatic hydroxyl groups excluding tert-OH is 1. The molecule has 1 heterocycles. The Labute approximate surface area is 86.8 Å². The second kappa shape index (κ2) is 6.38. The van der Waals surface area contributed by atoms with Crippen molar-refractivity contribution in [2.24, 2.45) is 5.92 Å². The summed E-state index contributed by atoms with van der Waals surface area (Å²) < 4.78 is 5.32. The Kier molecular flexibility index (Phi) is 5.45. The van der Waals surface area contributed by atoms with Crippen LogP contribution < -0.4 is 5.32 Å². The molecule has 1 fully saturated rings. The Morgan fingerprint density at radius 1 is 1.43 bits per heavy atom. The second-order valence-corrected chi connectivity index (χ2v) is 4.21. The zero-order valence-electron chi connectivity index (χ0n) is 9.33. The Hall–Kier alpha value is -0.120. The van der Waals surface area contributed by atoms with E-state index >= 15 is 0 Å². The van der Waals surface area contributed by atoms with Crippen molar-refractivity contribution in [3.05, 3.63) is 0 Å². The molecule has 84 valence electrons. The van der Waals surface area contributed by atoms with E-state index in [2.05, 4.69) is 12.2 Å². The lowest BCUT2D eigenvalue weighted by atomic mass is 9.93. The van der Waals surface area contributed by atoms with Crippen LogP contribution in [0, 0.1) is 5.92 Å². The molecule has 0 aromatic carbocycles. The van der Waals surface area contributed by atoms with E-state index in [1.807, 2.05) is 6.92 Å². The van der Waals surface area contributed by atoms with Gasteiger partial charge in [-0.25, -0.2) is 0 Å². The summed E-state index contributed by atoms with van der Waals surface area (Å²) >= 11 is 0. The summed E-state index contributed by atoms with van der Waals surface area (Å²) in [5, 5.41) is 12.8. The molecular formula is C11H23NO2. The standard InChI is InChI=1S/C11H23NO2/c1-3-11(13)8-12-9(2)10-4-6-14-7-5-10/h9-13H,3-8H2,1-2H3. The third kappa shape index (κ3) is 3.95. The van der Waals surface area contributed by atoms with Crippen molar-refractivity contribution in [1.82, 2.24) is 5.32 Å². The zero-order valence-corrected chi connectivity index (χ0v) is 9.33. The number of aliphatic hydroxyl groups is 1. The maximum atomic E-state index is 9.42. The minimum atomic E-state index is -0.197. The van der Waals surface area contributed by atoms with Gasteiger partial charge in [0.05, 0.1) is 6.10 Å². The minimum absolute atomic E-state index is 0.197. The number of hydrogen-bond acceptors (Lipinski definition) is 3. The fraction of sp³-hybridized carbons (Fsp3) is 1.00. The van der Waals surface area contributed by atoms with Gasteiger partial charge in [-0.1, -0.05) is 6.92 Å². The van der Waals surface area contributed by atoms with Crippen LogP contribution in [0.3, 0.4) is 0 Å². The van der Waals surface area contributed by atoms with E-state index in [1.54, 1.807) is 0 Å². The number of ether oxygens (including phenoxy) is 1. The smallest absolute Gasteiger partial charge is 0.0662 e. The summed E-state index contributed by atoms with van der Waals surface area (Å²) in [5.41, 5.74) is 0. The van der Waals surface area contributed by atoms with Crippen molar-refractivity contribution < 1.29 is 9.84 Å². The van der Waals surface area contributed by atoms with E-state index in [4.69, 9.17) is 4.74 Å². The molecule has 2 unspecified atom stereocenters. The number of nitrogens with one attached hydrogen (secondary N) is 1. The molecule has 0 aromatic rings. The van der Waals surface area contributed by atoms with Crippen LogP contribution in [0.25, 0.3) is 0 Å². The Balaban J connectivity index is 2.16. The molecule has 3 heteroatoms. The van der Waals surface area contributed by atoms with Gasteiger partial charge in [0.25, 0.3) is 0 Å². The summed E-state index contributed by atoms with van der Waals surface area (Å²) in [4.78, 5) is 0. The first kappa shape index (κ1) is 12.0. The molecule has 1 aliphatic rings. The first-order valence-corrected chi connectivity index (χ1v) is 5.73. The highest BCUT2D eigenvalue weighted by molar-refractivity contribution is 4.75. The molecule has 0 saturated carbocycles. The Morgan fingerprint density at radius 2 is 2.07 bits per heavy atom. The van der Waals surface area contributed by atoms with E-state index < -0.39 is 0 Å². The summed E-state index contributed by atoms with van der Waals surface area (Å²) in [7, 11) is 0. The molecule has 0 spiro atoms. The van der Waals surface area contributed by atoms with Crippen LogP contribution in [0.2, 0.25) is 0 Å². The predicted octanol–water partition coefficient (Wildman–Crippen LogP) is 1.16. The van der Waals surface area contributed by atoms with Gasteiger partial charge in [-0.2, -0.15) is 0 Å². The van der Waals surface area contributed by atoms with Crippen LogP contribution in [0.1, 0.15) is 33.1 Å². The molecular weight excluding hydrogens is 178 g/mol. The van der Waals surface area contributed by atoms with Gasteiger partial charge in [0.15, 0.2) is 0 Å². The van der Waals surface area contributed by atoms with Gasteiger partial charge >= 0.3 is 0 Å². The van der Waals surface area contributed by atoms with E-state index in [0.717, 1.165) is 39.0 Å². The van der Waals surface area contributed by atoms with Crippen molar-refractivity contribution >= 4 is 0 Å². The van der Waals surface area contributed by atoms with E-state index in [9.17, 15) is 5.11 Å². The average molecular weight is 201 g/mol. The predicted molar refractivity (Wildman–Crippen MR) is 57.3 cm³/mol. The summed E-state index contributed by atoms with van der Waals surface area (Å²) in [6, 6.07) is 0.500. The van der Waals surface area contributed by atoms with Crippen molar-refractivity contribution in [3.63, 3.8) is 0 Å². The van der Waals surface area contributed by atoms with Crippen molar-refractivity contribution in [2.45, 2.75) is 45.3 Å². The molecule has 2 N–H and O–H groups in total. The largest absolute Gasteiger partial charge is 0.392 e. The summed E-state index contributed by atoms with van der Waals surface area (Å²) in [5.74, 6) is 0.716. The molecule has 3 nitrogen and oxygen atoms in total. The van der Waals surface area contributed by atoms with Crippen LogP contribution in [0.15, 0.2) is 0 Å². The van der Waals surface area contributed by atoms with Crippen molar-refractivity contribution in [3.8, 4) is 0 Å². The molecule has 1 aliphatic heterocycles. The number of hydrogen-bond donors (Lipinski definition) is 2. The Bertz CT molecular complexity index is 146. The fourth-order valence-corrected chi connectivity index (χ4v) is 1.85. The lowest BCUT2D eigenvalue weighted by Gasteiger charge is -2.29. The van der Waals surface area contributed by atoms with Crippen LogP contribution in [-0.4, -0.2) is 37.0 Å². The quantitative estimate of drug-likeness (QED) is 0.701. The number of rotatable bonds is 5. The minimum Gasteiger partial charge on any atom is -0.392 e. The molecule has 0 amide bonds. The molecule has 1 saturated heterocycles. The first-order valence-electron chi connectivity index (χ1n) is 5.73. The first-order chi connectivity index (χ1) is 6.74. The van der Waals surface area contributed by atoms with E-state index in [1.165, 1.54) is 0 Å².